The predicted octanol–water partition coefficient (Wildman–Crippen LogP) is 7.13. The van der Waals surface area contributed by atoms with Crippen molar-refractivity contribution in [2.24, 2.45) is 62.6 Å². The number of hydrogen-bond donors (Lipinski definition) is 2. The summed E-state index contributed by atoms with van der Waals surface area (Å²) in [6.07, 6.45) is 8.19. The van der Waals surface area contributed by atoms with Crippen molar-refractivity contribution in [2.45, 2.75) is 132 Å². The van der Waals surface area contributed by atoms with Crippen LogP contribution in [0.3, 0.4) is 0 Å². The molecule has 12 atom stereocenters. The molecule has 0 unspecified atom stereocenters. The second kappa shape index (κ2) is 11.9. The normalized spacial score (nSPS) is 44.3. The fourth-order valence-electron chi connectivity index (χ4n) is 12.3. The molecule has 9 heteroatoms. The van der Waals surface area contributed by atoms with Gasteiger partial charge in [-0.05, 0) is 110 Å². The number of carboxylic acids is 1. The highest BCUT2D eigenvalue weighted by molar-refractivity contribution is 5.73. The number of likely N-dealkylation sites (N-methyl/N-ethyl adjacent to an activating group) is 1. The van der Waals surface area contributed by atoms with E-state index in [1.807, 2.05) is 18.8 Å². The Morgan fingerprint density at radius 3 is 2.42 bits per heavy atom. The fourth-order valence-corrected chi connectivity index (χ4v) is 12.3. The van der Waals surface area contributed by atoms with Crippen molar-refractivity contribution in [2.75, 3.05) is 26.9 Å². The molecule has 0 amide bonds. The Bertz CT molecular complexity index is 1430. The molecule has 48 heavy (non-hydrogen) atoms. The number of aliphatic carboxylic acids is 1. The summed E-state index contributed by atoms with van der Waals surface area (Å²) in [6, 6.07) is -0.0845. The number of rotatable bonds is 9. The van der Waals surface area contributed by atoms with Crippen molar-refractivity contribution in [1.29, 1.82) is 0 Å². The molecule has 9 nitrogen and oxygen atoms in total. The van der Waals surface area contributed by atoms with E-state index in [9.17, 15) is 9.90 Å². The molecule has 0 aromatic carbocycles. The van der Waals surface area contributed by atoms with Crippen LogP contribution in [0.2, 0.25) is 0 Å². The number of carbonyl (C=O) groups is 1. The average Bonchev–Trinajstić information content (AvgIpc) is 3.45. The molecule has 4 aliphatic carbocycles. The summed E-state index contributed by atoms with van der Waals surface area (Å²) in [5.41, 5.74) is 0.200. The Hall–Kier alpha value is -1.84. The van der Waals surface area contributed by atoms with Crippen LogP contribution in [0.15, 0.2) is 11.6 Å². The average molecular weight is 668 g/mol. The summed E-state index contributed by atoms with van der Waals surface area (Å²) < 4.78 is 13.8. The smallest absolute Gasteiger partial charge is 0.307 e. The molecule has 270 valence electrons. The van der Waals surface area contributed by atoms with Crippen LogP contribution in [0.4, 0.5) is 0 Å². The third kappa shape index (κ3) is 4.86. The summed E-state index contributed by atoms with van der Waals surface area (Å²) in [5.74, 6) is 1.51. The van der Waals surface area contributed by atoms with Crippen molar-refractivity contribution < 1.29 is 19.4 Å². The van der Waals surface area contributed by atoms with Crippen LogP contribution in [-0.2, 0) is 14.3 Å². The van der Waals surface area contributed by atoms with Gasteiger partial charge in [-0.25, -0.2) is 0 Å². The van der Waals surface area contributed by atoms with Gasteiger partial charge in [-0.1, -0.05) is 74.0 Å². The predicted molar refractivity (Wildman–Crippen MR) is 187 cm³/mol. The van der Waals surface area contributed by atoms with E-state index < -0.39 is 11.9 Å². The SMILES string of the molecule is CN[C@@](C)(CO[C@H]1[C@H](n2nnc(C)n2)C[C@@]23COC[C@@]1(C)[C@@H]2CC[C@H]1C3=CC[C@@]2(C)[C@H](C(=O)O)[C@@](C)([C@H](C)C(C)C)CC[C@]12C)C(C)C. The lowest BCUT2D eigenvalue weighted by Gasteiger charge is -2.71. The molecule has 1 aromatic heterocycles. The molecule has 1 aromatic rings. The van der Waals surface area contributed by atoms with Gasteiger partial charge in [0.05, 0.1) is 31.8 Å². The Labute approximate surface area is 289 Å². The molecule has 2 heterocycles. The van der Waals surface area contributed by atoms with Crippen LogP contribution in [0.25, 0.3) is 0 Å². The van der Waals surface area contributed by atoms with Crippen molar-refractivity contribution in [1.82, 2.24) is 25.5 Å². The van der Waals surface area contributed by atoms with Crippen molar-refractivity contribution in [3.05, 3.63) is 17.5 Å². The Morgan fingerprint density at radius 1 is 1.12 bits per heavy atom. The minimum Gasteiger partial charge on any atom is -0.481 e. The van der Waals surface area contributed by atoms with Crippen LogP contribution in [0, 0.1) is 69.5 Å². The maximum Gasteiger partial charge on any atom is 0.307 e. The molecule has 1 saturated heterocycles. The summed E-state index contributed by atoms with van der Waals surface area (Å²) in [7, 11) is 2.03. The minimum atomic E-state index is -0.615. The zero-order valence-corrected chi connectivity index (χ0v) is 32.0. The second-order valence-electron chi connectivity index (χ2n) is 18.8. The van der Waals surface area contributed by atoms with Crippen molar-refractivity contribution >= 4 is 5.97 Å². The molecule has 0 radical (unpaired) electrons. The van der Waals surface area contributed by atoms with Gasteiger partial charge < -0.3 is 19.9 Å². The van der Waals surface area contributed by atoms with E-state index in [0.29, 0.717) is 55.2 Å². The highest BCUT2D eigenvalue weighted by atomic mass is 16.5. The fraction of sp³-hybridized carbons (Fsp3) is 0.897. The number of ether oxygens (including phenoxy) is 2. The van der Waals surface area contributed by atoms with E-state index in [1.54, 1.807) is 0 Å². The number of aryl methyl sites for hydroxylation is 1. The number of aromatic nitrogens is 4. The van der Waals surface area contributed by atoms with Gasteiger partial charge in [0, 0.05) is 16.4 Å². The number of fused-ring (bicyclic) bond motifs is 3. The molecular weight excluding hydrogens is 602 g/mol. The van der Waals surface area contributed by atoms with E-state index in [2.05, 4.69) is 90.9 Å². The van der Waals surface area contributed by atoms with Gasteiger partial charge in [-0.2, -0.15) is 4.80 Å². The van der Waals surface area contributed by atoms with Gasteiger partial charge in [-0.3, -0.25) is 4.79 Å². The summed E-state index contributed by atoms with van der Waals surface area (Å²) in [4.78, 5) is 15.3. The van der Waals surface area contributed by atoms with E-state index in [4.69, 9.17) is 14.6 Å². The topological polar surface area (TPSA) is 111 Å². The standard InChI is InChI=1S/C39H65N5O4/c1-23(2)25(5)34(7)17-18-36(9)27-13-14-30-35(8)20-47-22-39(30,28(27)15-16-37(36,10)31(34)33(45)46)19-29(44-42-26(6)41-43-44)32(35)48-21-38(11,40-12)24(3)4/h15,23-25,27,29-32,40H,13-14,16-22H2,1-12H3,(H,45,46)/t25-,27+,29-,30+,31-,32+,34-,35+,36-,37+,38+,39+/m1/s1. The third-order valence-corrected chi connectivity index (χ3v) is 16.3. The lowest BCUT2D eigenvalue weighted by atomic mass is 9.34. The highest BCUT2D eigenvalue weighted by Gasteiger charge is 2.72. The van der Waals surface area contributed by atoms with E-state index in [0.717, 1.165) is 38.5 Å². The first-order chi connectivity index (χ1) is 22.3. The van der Waals surface area contributed by atoms with Crippen LogP contribution in [0.5, 0.6) is 0 Å². The Kier molecular flexibility index (Phi) is 8.89. The molecule has 0 spiro atoms. The molecule has 3 saturated carbocycles. The van der Waals surface area contributed by atoms with Gasteiger partial charge in [0.15, 0.2) is 5.82 Å². The van der Waals surface area contributed by atoms with E-state index in [-0.39, 0.29) is 44.8 Å². The van der Waals surface area contributed by atoms with E-state index >= 15 is 0 Å². The first-order valence-electron chi connectivity index (χ1n) is 18.9. The Morgan fingerprint density at radius 2 is 1.83 bits per heavy atom. The van der Waals surface area contributed by atoms with E-state index in [1.165, 1.54) is 5.57 Å². The van der Waals surface area contributed by atoms with Gasteiger partial charge in [0.25, 0.3) is 0 Å². The summed E-state index contributed by atoms with van der Waals surface area (Å²) in [6.45, 7) is 26.8. The van der Waals surface area contributed by atoms with Crippen LogP contribution < -0.4 is 5.32 Å². The zero-order chi connectivity index (χ0) is 35.2. The van der Waals surface area contributed by atoms with Gasteiger partial charge in [-0.15, -0.1) is 10.2 Å². The number of allylic oxidation sites excluding steroid dienone is 1. The third-order valence-electron chi connectivity index (χ3n) is 16.3. The Balaban J connectivity index is 1.44. The minimum absolute atomic E-state index is 0.0845. The van der Waals surface area contributed by atoms with Gasteiger partial charge in [0.2, 0.25) is 0 Å². The molecule has 1 aliphatic heterocycles. The lowest BCUT2D eigenvalue weighted by molar-refractivity contribution is -0.254. The van der Waals surface area contributed by atoms with Gasteiger partial charge >= 0.3 is 5.97 Å². The number of nitrogens with one attached hydrogen (secondary N) is 1. The maximum atomic E-state index is 13.5. The first-order valence-corrected chi connectivity index (χ1v) is 18.9. The number of nitrogens with zero attached hydrogens (tertiary/aromatic N) is 4. The number of tetrazole rings is 1. The van der Waals surface area contributed by atoms with Crippen LogP contribution >= 0.6 is 0 Å². The molecule has 2 bridgehead atoms. The second-order valence-corrected chi connectivity index (χ2v) is 18.8. The molecule has 4 fully saturated rings. The largest absolute Gasteiger partial charge is 0.481 e. The monoisotopic (exact) mass is 668 g/mol. The summed E-state index contributed by atoms with van der Waals surface area (Å²) in [5, 5.41) is 28.4. The zero-order valence-electron chi connectivity index (χ0n) is 32.0. The van der Waals surface area contributed by atoms with Gasteiger partial charge in [0.1, 0.15) is 6.04 Å². The van der Waals surface area contributed by atoms with Crippen LogP contribution in [0.1, 0.15) is 120 Å². The highest BCUT2D eigenvalue weighted by Crippen LogP contribution is 2.75. The summed E-state index contributed by atoms with van der Waals surface area (Å²) >= 11 is 0. The number of hydrogen-bond acceptors (Lipinski definition) is 7. The molecule has 6 rings (SSSR count). The maximum absolute atomic E-state index is 13.5. The van der Waals surface area contributed by atoms with Crippen molar-refractivity contribution in [3.63, 3.8) is 0 Å². The lowest BCUT2D eigenvalue weighted by Crippen LogP contribution is -2.69. The number of carboxylic acid groups (broad SMARTS) is 1. The first kappa shape index (κ1) is 36.0. The quantitative estimate of drug-likeness (QED) is 0.268. The van der Waals surface area contributed by atoms with Crippen molar-refractivity contribution in [3.8, 4) is 0 Å². The van der Waals surface area contributed by atoms with Crippen LogP contribution in [-0.4, -0.2) is 69.8 Å². The molecule has 5 aliphatic rings. The molecule has 2 N–H and O–H groups in total. The molecular formula is C39H65N5O4.